The Kier molecular flexibility index (Phi) is 10.4. The molecule has 0 heterocycles. The third-order valence-corrected chi connectivity index (χ3v) is 4.47. The molecule has 0 aromatic heterocycles. The highest BCUT2D eigenvalue weighted by molar-refractivity contribution is 5.92. The van der Waals surface area contributed by atoms with Crippen LogP contribution in [0.1, 0.15) is 25.8 Å². The zero-order valence-corrected chi connectivity index (χ0v) is 16.8. The molecule has 4 atom stereocenters. The number of rotatable bonds is 12. The molecular formula is C20H32N4O4. The Morgan fingerprint density at radius 3 is 2.25 bits per heavy atom. The molecule has 2 amide bonds. The molecule has 1 rings (SSSR count). The van der Waals surface area contributed by atoms with Crippen molar-refractivity contribution >= 4 is 17.6 Å². The molecule has 8 nitrogen and oxygen atoms in total. The summed E-state index contributed by atoms with van der Waals surface area (Å²) in [5.41, 5.74) is 6.47. The average molecular weight is 393 g/mol. The van der Waals surface area contributed by atoms with E-state index in [2.05, 4.69) is 16.0 Å². The Hall–Kier alpha value is -2.29. The van der Waals surface area contributed by atoms with Crippen LogP contribution >= 0.6 is 0 Å². The number of benzene rings is 1. The molecule has 0 aliphatic rings. The Morgan fingerprint density at radius 2 is 1.75 bits per heavy atom. The Labute approximate surface area is 166 Å². The second-order valence-electron chi connectivity index (χ2n) is 6.92. The largest absolute Gasteiger partial charge is 0.391 e. The lowest BCUT2D eigenvalue weighted by Gasteiger charge is -2.26. The first-order chi connectivity index (χ1) is 13.3. The summed E-state index contributed by atoms with van der Waals surface area (Å²) in [7, 11) is 1.74. The van der Waals surface area contributed by atoms with E-state index < -0.39 is 30.0 Å². The van der Waals surface area contributed by atoms with E-state index in [1.807, 2.05) is 30.3 Å². The van der Waals surface area contributed by atoms with Crippen molar-refractivity contribution in [1.29, 1.82) is 0 Å². The number of aliphatic hydroxyl groups is 1. The maximum atomic E-state index is 12.8. The fourth-order valence-corrected chi connectivity index (χ4v) is 2.88. The molecule has 28 heavy (non-hydrogen) atoms. The van der Waals surface area contributed by atoms with Crippen molar-refractivity contribution in [3.63, 3.8) is 0 Å². The minimum atomic E-state index is -1.16. The van der Waals surface area contributed by atoms with Gasteiger partial charge in [-0.05, 0) is 45.8 Å². The maximum absolute atomic E-state index is 12.8. The Morgan fingerprint density at radius 1 is 1.11 bits per heavy atom. The van der Waals surface area contributed by atoms with Crippen LogP contribution in [0, 0.1) is 5.92 Å². The van der Waals surface area contributed by atoms with E-state index in [1.54, 1.807) is 7.05 Å². The molecule has 1 unspecified atom stereocenters. The van der Waals surface area contributed by atoms with Crippen LogP contribution in [0.5, 0.6) is 0 Å². The van der Waals surface area contributed by atoms with Gasteiger partial charge in [0.1, 0.15) is 6.04 Å². The van der Waals surface area contributed by atoms with Crippen LogP contribution in [0.2, 0.25) is 0 Å². The van der Waals surface area contributed by atoms with E-state index in [1.165, 1.54) is 13.8 Å². The molecule has 0 saturated carbocycles. The van der Waals surface area contributed by atoms with Crippen molar-refractivity contribution in [2.75, 3.05) is 20.1 Å². The zero-order chi connectivity index (χ0) is 21.1. The highest BCUT2D eigenvalue weighted by Gasteiger charge is 2.30. The number of nitrogens with two attached hydrogens (primary N) is 1. The molecule has 0 aliphatic carbocycles. The van der Waals surface area contributed by atoms with Crippen molar-refractivity contribution < 1.29 is 19.5 Å². The van der Waals surface area contributed by atoms with Gasteiger partial charge in [0.05, 0.1) is 18.1 Å². The molecule has 0 spiro atoms. The summed E-state index contributed by atoms with van der Waals surface area (Å²) in [4.78, 5) is 37.0. The molecule has 1 aromatic rings. The lowest BCUT2D eigenvalue weighted by atomic mass is 9.97. The topological polar surface area (TPSA) is 134 Å². The van der Waals surface area contributed by atoms with E-state index in [0.29, 0.717) is 13.0 Å². The standard InChI is InChI=1S/C20H32N4O4/c1-13(25)17(9-10-21)23-20(28)18(14(2)26)24-19(27)16(12-22-3)11-15-7-5-4-6-8-15/h4-8,14,16-18,22,26H,9-12,21H2,1-3H3,(H,23,28)(H,24,27)/t14-,16?,17-,18-/m0/s1. The molecule has 0 aliphatic heterocycles. The van der Waals surface area contributed by atoms with Gasteiger partial charge in [0.15, 0.2) is 5.78 Å². The van der Waals surface area contributed by atoms with Crippen LogP contribution in [0.15, 0.2) is 30.3 Å². The number of aliphatic hydroxyl groups excluding tert-OH is 1. The molecule has 0 fully saturated rings. The molecular weight excluding hydrogens is 360 g/mol. The molecule has 156 valence electrons. The number of hydrogen-bond acceptors (Lipinski definition) is 6. The summed E-state index contributed by atoms with van der Waals surface area (Å²) in [6.45, 7) is 3.43. The van der Waals surface area contributed by atoms with Crippen molar-refractivity contribution in [3.05, 3.63) is 35.9 Å². The molecule has 0 saturated heterocycles. The van der Waals surface area contributed by atoms with Gasteiger partial charge in [-0.25, -0.2) is 0 Å². The van der Waals surface area contributed by atoms with Gasteiger partial charge in [-0.15, -0.1) is 0 Å². The third-order valence-electron chi connectivity index (χ3n) is 4.47. The number of ketones is 1. The summed E-state index contributed by atoms with van der Waals surface area (Å²) in [5.74, 6) is -1.61. The summed E-state index contributed by atoms with van der Waals surface area (Å²) in [6, 6.07) is 7.65. The monoisotopic (exact) mass is 392 g/mol. The first-order valence-corrected chi connectivity index (χ1v) is 9.48. The minimum Gasteiger partial charge on any atom is -0.391 e. The van der Waals surface area contributed by atoms with Crippen LogP contribution in [-0.2, 0) is 20.8 Å². The number of carbonyl (C=O) groups is 3. The summed E-state index contributed by atoms with van der Waals surface area (Å²) < 4.78 is 0. The fourth-order valence-electron chi connectivity index (χ4n) is 2.88. The molecule has 8 heteroatoms. The highest BCUT2D eigenvalue weighted by atomic mass is 16.3. The normalized spacial score (nSPS) is 15.2. The maximum Gasteiger partial charge on any atom is 0.245 e. The van der Waals surface area contributed by atoms with Crippen LogP contribution < -0.4 is 21.7 Å². The fraction of sp³-hybridized carbons (Fsp3) is 0.550. The summed E-state index contributed by atoms with van der Waals surface area (Å²) >= 11 is 0. The quantitative estimate of drug-likeness (QED) is 0.321. The van der Waals surface area contributed by atoms with E-state index >= 15 is 0 Å². The SMILES string of the molecule is CNCC(Cc1ccccc1)C(=O)N[C@H](C(=O)N[C@@H](CCN)C(C)=O)[C@H](C)O. The van der Waals surface area contributed by atoms with Gasteiger partial charge < -0.3 is 26.8 Å². The number of carbonyl (C=O) groups excluding carboxylic acids is 3. The van der Waals surface area contributed by atoms with Gasteiger partial charge in [-0.1, -0.05) is 30.3 Å². The van der Waals surface area contributed by atoms with Gasteiger partial charge in [-0.3, -0.25) is 14.4 Å². The first kappa shape index (κ1) is 23.7. The molecule has 6 N–H and O–H groups in total. The predicted octanol–water partition coefficient (Wildman–Crippen LogP) is -0.647. The van der Waals surface area contributed by atoms with E-state index in [0.717, 1.165) is 5.56 Å². The second-order valence-corrected chi connectivity index (χ2v) is 6.92. The first-order valence-electron chi connectivity index (χ1n) is 9.48. The second kappa shape index (κ2) is 12.2. The van der Waals surface area contributed by atoms with Crippen molar-refractivity contribution in [2.45, 2.75) is 44.9 Å². The van der Waals surface area contributed by atoms with E-state index in [9.17, 15) is 19.5 Å². The zero-order valence-electron chi connectivity index (χ0n) is 16.8. The van der Waals surface area contributed by atoms with Crippen LogP contribution in [0.4, 0.5) is 0 Å². The predicted molar refractivity (Wildman–Crippen MR) is 107 cm³/mol. The van der Waals surface area contributed by atoms with Gasteiger partial charge in [0, 0.05) is 6.54 Å². The molecule has 1 aromatic carbocycles. The summed E-state index contributed by atoms with van der Waals surface area (Å²) in [6.07, 6.45) is -0.343. The molecule has 0 bridgehead atoms. The van der Waals surface area contributed by atoms with Crippen molar-refractivity contribution in [3.8, 4) is 0 Å². The number of amides is 2. The van der Waals surface area contributed by atoms with Crippen LogP contribution in [0.3, 0.4) is 0 Å². The summed E-state index contributed by atoms with van der Waals surface area (Å²) in [5, 5.41) is 18.2. The number of Topliss-reactive ketones (excluding diaryl/α,β-unsaturated/α-hetero) is 1. The van der Waals surface area contributed by atoms with E-state index in [-0.39, 0.29) is 24.7 Å². The van der Waals surface area contributed by atoms with Gasteiger partial charge in [0.25, 0.3) is 0 Å². The van der Waals surface area contributed by atoms with Crippen molar-refractivity contribution in [2.24, 2.45) is 11.7 Å². The van der Waals surface area contributed by atoms with Crippen molar-refractivity contribution in [1.82, 2.24) is 16.0 Å². The lowest BCUT2D eigenvalue weighted by molar-refractivity contribution is -0.135. The molecule has 0 radical (unpaired) electrons. The van der Waals surface area contributed by atoms with Gasteiger partial charge in [0.2, 0.25) is 11.8 Å². The van der Waals surface area contributed by atoms with Crippen LogP contribution in [0.25, 0.3) is 0 Å². The van der Waals surface area contributed by atoms with Gasteiger partial charge >= 0.3 is 0 Å². The van der Waals surface area contributed by atoms with Crippen LogP contribution in [-0.4, -0.2) is 61.0 Å². The van der Waals surface area contributed by atoms with Gasteiger partial charge in [-0.2, -0.15) is 0 Å². The minimum absolute atomic E-state index is 0.230. The Bertz CT molecular complexity index is 636. The number of nitrogens with one attached hydrogen (secondary N) is 3. The average Bonchev–Trinajstić information content (AvgIpc) is 2.65. The smallest absolute Gasteiger partial charge is 0.245 e. The number of hydrogen-bond donors (Lipinski definition) is 5. The van der Waals surface area contributed by atoms with E-state index in [4.69, 9.17) is 5.73 Å². The Balaban J connectivity index is 2.85. The third kappa shape index (κ3) is 7.75. The highest BCUT2D eigenvalue weighted by Crippen LogP contribution is 2.10. The lowest BCUT2D eigenvalue weighted by Crippen LogP contribution is -2.57.